The Hall–Kier alpha value is -1.85. The number of fused-ring (bicyclic) bond motifs is 1. The van der Waals surface area contributed by atoms with Gasteiger partial charge in [0.25, 0.3) is 5.91 Å². The third-order valence-corrected chi connectivity index (χ3v) is 6.41. The maximum Gasteiger partial charge on any atom is 0.264 e. The summed E-state index contributed by atoms with van der Waals surface area (Å²) in [5, 5.41) is 6.48. The van der Waals surface area contributed by atoms with Gasteiger partial charge in [0.05, 0.1) is 17.1 Å². The number of hydrogen-bond donors (Lipinski definition) is 0. The number of carbonyl (C=O) groups excluding carboxylic acids is 1. The molecule has 1 aromatic carbocycles. The number of carbonyl (C=O) groups is 1. The van der Waals surface area contributed by atoms with E-state index in [0.717, 1.165) is 50.8 Å². The molecule has 0 spiro atoms. The lowest BCUT2D eigenvalue weighted by Crippen LogP contribution is -2.35. The summed E-state index contributed by atoms with van der Waals surface area (Å²) in [6.07, 6.45) is 2.26. The van der Waals surface area contributed by atoms with E-state index in [2.05, 4.69) is 23.8 Å². The highest BCUT2D eigenvalue weighted by atomic mass is 35.5. The van der Waals surface area contributed by atoms with Crippen LogP contribution in [0.25, 0.3) is 10.2 Å². The van der Waals surface area contributed by atoms with Gasteiger partial charge in [-0.05, 0) is 43.4 Å². The second-order valence-electron chi connectivity index (χ2n) is 7.75. The van der Waals surface area contributed by atoms with Gasteiger partial charge in [-0.3, -0.25) is 9.48 Å². The van der Waals surface area contributed by atoms with Crippen LogP contribution in [0.1, 0.15) is 47.6 Å². The molecule has 1 fully saturated rings. The Bertz CT molecular complexity index is 987. The molecule has 1 amide bonds. The van der Waals surface area contributed by atoms with Crippen molar-refractivity contribution < 1.29 is 4.79 Å². The minimum Gasteiger partial charge on any atom is -0.335 e. The zero-order chi connectivity index (χ0) is 19.1. The van der Waals surface area contributed by atoms with Crippen LogP contribution in [0.4, 0.5) is 0 Å². The first kappa shape index (κ1) is 18.5. The zero-order valence-corrected chi connectivity index (χ0v) is 17.5. The third kappa shape index (κ3) is 3.76. The summed E-state index contributed by atoms with van der Waals surface area (Å²) in [5.74, 6) is 0.637. The van der Waals surface area contributed by atoms with E-state index in [1.165, 1.54) is 0 Å². The van der Waals surface area contributed by atoms with Crippen LogP contribution in [-0.2, 0) is 6.54 Å². The number of rotatable bonds is 6. The average molecular weight is 402 g/mol. The van der Waals surface area contributed by atoms with Crippen molar-refractivity contribution in [1.29, 1.82) is 0 Å². The SMILES string of the molecule is Cc1nn(Cc2ccccc2Cl)c2sc(C(=O)N(CC(C)C)C3CC3)cc12. The quantitative estimate of drug-likeness (QED) is 0.557. The van der Waals surface area contributed by atoms with E-state index in [1.807, 2.05) is 41.9 Å². The molecular weight excluding hydrogens is 378 g/mol. The number of aryl methyl sites for hydroxylation is 1. The van der Waals surface area contributed by atoms with E-state index in [0.29, 0.717) is 18.5 Å². The van der Waals surface area contributed by atoms with Crippen molar-refractivity contribution in [3.05, 3.63) is 51.5 Å². The van der Waals surface area contributed by atoms with Crippen LogP contribution in [-0.4, -0.2) is 33.2 Å². The summed E-state index contributed by atoms with van der Waals surface area (Å²) in [6, 6.07) is 10.3. The summed E-state index contributed by atoms with van der Waals surface area (Å²) in [6.45, 7) is 7.76. The molecule has 4 rings (SSSR count). The van der Waals surface area contributed by atoms with Crippen LogP contribution in [0.15, 0.2) is 30.3 Å². The summed E-state index contributed by atoms with van der Waals surface area (Å²) in [7, 11) is 0. The fourth-order valence-corrected chi connectivity index (χ4v) is 4.74. The number of hydrogen-bond acceptors (Lipinski definition) is 3. The van der Waals surface area contributed by atoms with Crippen molar-refractivity contribution in [3.63, 3.8) is 0 Å². The van der Waals surface area contributed by atoms with Crippen molar-refractivity contribution >= 4 is 39.1 Å². The molecule has 0 saturated heterocycles. The fraction of sp³-hybridized carbons (Fsp3) is 0.429. The molecule has 2 heterocycles. The maximum absolute atomic E-state index is 13.1. The average Bonchev–Trinajstić information content (AvgIpc) is 3.30. The second-order valence-corrected chi connectivity index (χ2v) is 9.18. The van der Waals surface area contributed by atoms with E-state index >= 15 is 0 Å². The number of halogens is 1. The van der Waals surface area contributed by atoms with Crippen LogP contribution in [0.5, 0.6) is 0 Å². The minimum atomic E-state index is 0.163. The zero-order valence-electron chi connectivity index (χ0n) is 15.9. The van der Waals surface area contributed by atoms with Crippen LogP contribution < -0.4 is 0 Å². The molecular formula is C21H24ClN3OS. The summed E-state index contributed by atoms with van der Waals surface area (Å²) in [4.78, 5) is 17.1. The molecule has 0 N–H and O–H groups in total. The molecule has 4 nitrogen and oxygen atoms in total. The Balaban J connectivity index is 1.66. The fourth-order valence-electron chi connectivity index (χ4n) is 3.43. The van der Waals surface area contributed by atoms with Crippen molar-refractivity contribution in [3.8, 4) is 0 Å². The van der Waals surface area contributed by atoms with Crippen molar-refractivity contribution in [1.82, 2.24) is 14.7 Å². The molecule has 3 aromatic rings. The third-order valence-electron chi connectivity index (χ3n) is 4.91. The predicted molar refractivity (Wildman–Crippen MR) is 112 cm³/mol. The molecule has 1 aliphatic rings. The van der Waals surface area contributed by atoms with Gasteiger partial charge in [-0.15, -0.1) is 11.3 Å². The van der Waals surface area contributed by atoms with E-state index in [9.17, 15) is 4.79 Å². The molecule has 0 aliphatic heterocycles. The van der Waals surface area contributed by atoms with Gasteiger partial charge in [0, 0.05) is 23.0 Å². The number of nitrogens with zero attached hydrogens (tertiary/aromatic N) is 3. The number of aromatic nitrogens is 2. The van der Waals surface area contributed by atoms with Gasteiger partial charge in [-0.2, -0.15) is 5.10 Å². The van der Waals surface area contributed by atoms with Gasteiger partial charge in [0.2, 0.25) is 0 Å². The van der Waals surface area contributed by atoms with Crippen molar-refractivity contribution in [2.45, 2.75) is 46.2 Å². The minimum absolute atomic E-state index is 0.163. The van der Waals surface area contributed by atoms with Crippen molar-refractivity contribution in [2.24, 2.45) is 5.92 Å². The van der Waals surface area contributed by atoms with E-state index < -0.39 is 0 Å². The Morgan fingerprint density at radius 3 is 2.78 bits per heavy atom. The molecule has 0 unspecified atom stereocenters. The molecule has 6 heteroatoms. The van der Waals surface area contributed by atoms with Gasteiger partial charge in [-0.1, -0.05) is 43.6 Å². The Morgan fingerprint density at radius 2 is 2.11 bits per heavy atom. The van der Waals surface area contributed by atoms with Gasteiger partial charge in [0.1, 0.15) is 4.83 Å². The first-order chi connectivity index (χ1) is 12.9. The van der Waals surface area contributed by atoms with Gasteiger partial charge in [-0.25, -0.2) is 0 Å². The molecule has 0 atom stereocenters. The Kier molecular flexibility index (Phi) is 4.99. The summed E-state index contributed by atoms with van der Waals surface area (Å²) >= 11 is 7.87. The van der Waals surface area contributed by atoms with Crippen molar-refractivity contribution in [2.75, 3.05) is 6.54 Å². The summed E-state index contributed by atoms with van der Waals surface area (Å²) in [5.41, 5.74) is 1.98. The van der Waals surface area contributed by atoms with Gasteiger partial charge in [0.15, 0.2) is 0 Å². The van der Waals surface area contributed by atoms with Gasteiger partial charge < -0.3 is 4.90 Å². The smallest absolute Gasteiger partial charge is 0.264 e. The lowest BCUT2D eigenvalue weighted by atomic mass is 10.2. The molecule has 1 aliphatic carbocycles. The first-order valence-corrected chi connectivity index (χ1v) is 10.6. The summed E-state index contributed by atoms with van der Waals surface area (Å²) < 4.78 is 1.97. The van der Waals surface area contributed by atoms with E-state index in [4.69, 9.17) is 11.6 Å². The molecule has 1 saturated carbocycles. The first-order valence-electron chi connectivity index (χ1n) is 9.45. The standard InChI is InChI=1S/C21H24ClN3OS/c1-13(2)11-24(16-8-9-16)20(26)19-10-17-14(3)23-25(21(17)27-19)12-15-6-4-5-7-18(15)22/h4-7,10,13,16H,8-9,11-12H2,1-3H3. The number of benzene rings is 1. The monoisotopic (exact) mass is 401 g/mol. The molecule has 0 radical (unpaired) electrons. The largest absolute Gasteiger partial charge is 0.335 e. The molecule has 142 valence electrons. The highest BCUT2D eigenvalue weighted by molar-refractivity contribution is 7.20. The topological polar surface area (TPSA) is 38.1 Å². The van der Waals surface area contributed by atoms with E-state index in [1.54, 1.807) is 11.3 Å². The predicted octanol–water partition coefficient (Wildman–Crippen LogP) is 5.37. The maximum atomic E-state index is 13.1. The second kappa shape index (κ2) is 7.28. The van der Waals surface area contributed by atoms with Crippen LogP contribution >= 0.6 is 22.9 Å². The van der Waals surface area contributed by atoms with Crippen LogP contribution in [0.3, 0.4) is 0 Å². The van der Waals surface area contributed by atoms with Crippen LogP contribution in [0.2, 0.25) is 5.02 Å². The highest BCUT2D eigenvalue weighted by Crippen LogP contribution is 2.34. The van der Waals surface area contributed by atoms with Crippen LogP contribution in [0, 0.1) is 12.8 Å². The highest BCUT2D eigenvalue weighted by Gasteiger charge is 2.34. The molecule has 2 aromatic heterocycles. The lowest BCUT2D eigenvalue weighted by Gasteiger charge is -2.23. The Labute approximate surface area is 168 Å². The van der Waals surface area contributed by atoms with Gasteiger partial charge >= 0.3 is 0 Å². The lowest BCUT2D eigenvalue weighted by molar-refractivity contribution is 0.0727. The molecule has 0 bridgehead atoms. The number of thiophene rings is 1. The number of amides is 1. The van der Waals surface area contributed by atoms with E-state index in [-0.39, 0.29) is 5.91 Å². The Morgan fingerprint density at radius 1 is 1.37 bits per heavy atom. The molecule has 27 heavy (non-hydrogen) atoms. The normalized spacial score (nSPS) is 14.3.